The maximum Gasteiger partial charge on any atom is 0.137 e. The van der Waals surface area contributed by atoms with Gasteiger partial charge >= 0.3 is 0 Å². The fraction of sp³-hybridized carbons (Fsp3) is 0.258. The summed E-state index contributed by atoms with van der Waals surface area (Å²) >= 11 is 0. The van der Waals surface area contributed by atoms with Gasteiger partial charge in [0, 0.05) is 55.8 Å². The number of fused-ring (bicyclic) bond motifs is 2. The molecule has 0 bridgehead atoms. The molecular weight excluding hydrogens is 805 g/mol. The minimum atomic E-state index is -0.0688. The molecule has 2 heterocycles. The van der Waals surface area contributed by atoms with Gasteiger partial charge in [-0.15, -0.1) is 0 Å². The summed E-state index contributed by atoms with van der Waals surface area (Å²) in [5.41, 5.74) is 17.0. The smallest absolute Gasteiger partial charge is 0.137 e. The minimum Gasteiger partial charge on any atom is -0.456 e. The van der Waals surface area contributed by atoms with E-state index in [0.29, 0.717) is 0 Å². The van der Waals surface area contributed by atoms with E-state index in [2.05, 4.69) is 227 Å². The van der Waals surface area contributed by atoms with Crippen LogP contribution in [0.4, 0.5) is 22.7 Å². The lowest BCUT2D eigenvalue weighted by atomic mass is 9.84. The van der Waals surface area contributed by atoms with Crippen molar-refractivity contribution in [1.29, 1.82) is 0 Å². The molecule has 0 aliphatic rings. The Bertz CT molecular complexity index is 2920. The van der Waals surface area contributed by atoms with Gasteiger partial charge in [-0.3, -0.25) is 0 Å². The Labute approximate surface area is 392 Å². The van der Waals surface area contributed by atoms with Crippen LogP contribution in [0.1, 0.15) is 105 Å². The molecule has 0 radical (unpaired) electrons. The van der Waals surface area contributed by atoms with Gasteiger partial charge in [-0.25, -0.2) is 0 Å². The Morgan fingerprint density at radius 1 is 0.303 bits per heavy atom. The van der Waals surface area contributed by atoms with Gasteiger partial charge < -0.3 is 19.5 Å². The van der Waals surface area contributed by atoms with Crippen LogP contribution in [0.3, 0.4) is 0 Å². The molecule has 0 saturated carbocycles. The predicted octanol–water partition coefficient (Wildman–Crippen LogP) is 18.5. The fourth-order valence-electron chi connectivity index (χ4n) is 8.75. The van der Waals surface area contributed by atoms with Crippen molar-refractivity contribution >= 4 is 44.7 Å². The zero-order valence-electron chi connectivity index (χ0n) is 40.8. The Morgan fingerprint density at radius 2 is 0.652 bits per heavy atom. The molecular formula is C62H64N2O2. The first-order chi connectivity index (χ1) is 31.2. The van der Waals surface area contributed by atoms with E-state index in [0.717, 1.165) is 89.6 Å². The van der Waals surface area contributed by atoms with Crippen molar-refractivity contribution in [3.8, 4) is 44.9 Å². The normalized spacial score (nSPS) is 12.5. The second-order valence-corrected chi connectivity index (χ2v) is 22.2. The zero-order valence-corrected chi connectivity index (χ0v) is 40.8. The summed E-state index contributed by atoms with van der Waals surface area (Å²) in [6.07, 6.45) is 0. The molecule has 0 aliphatic heterocycles. The van der Waals surface area contributed by atoms with Gasteiger partial charge in [0.2, 0.25) is 0 Å². The molecule has 0 amide bonds. The molecule has 0 spiro atoms. The highest BCUT2D eigenvalue weighted by molar-refractivity contribution is 5.97. The average molecular weight is 869 g/mol. The molecule has 2 aromatic heterocycles. The molecule has 0 unspecified atom stereocenters. The van der Waals surface area contributed by atoms with E-state index < -0.39 is 0 Å². The molecule has 0 fully saturated rings. The zero-order chi connectivity index (χ0) is 46.8. The van der Waals surface area contributed by atoms with Crippen LogP contribution < -0.4 is 10.6 Å². The standard InChI is InChI=1S/C62H64N2O2/c1-59(2,3)43-25-21-39(22-26-43)47-37-48(40-23-27-44(28-24-40)60(4,5)6)54(64-52-32-30-46(62(10,11)12)36-50(52)58-34-42-18-14-16-20-56(42)66-58)38-53(47)63-51-31-29-45(61(7,8)9)35-49(51)57-33-41-17-13-15-19-55(41)65-57/h13-38,63-64H,1-12H3. The summed E-state index contributed by atoms with van der Waals surface area (Å²) in [6.45, 7) is 27.2. The number of benzene rings is 7. The van der Waals surface area contributed by atoms with Crippen LogP contribution in [-0.2, 0) is 21.7 Å². The molecule has 334 valence electrons. The fourth-order valence-corrected chi connectivity index (χ4v) is 8.75. The average Bonchev–Trinajstić information content (AvgIpc) is 3.91. The largest absolute Gasteiger partial charge is 0.456 e. The summed E-state index contributed by atoms with van der Waals surface area (Å²) < 4.78 is 13.2. The Morgan fingerprint density at radius 3 is 1.00 bits per heavy atom. The Kier molecular flexibility index (Phi) is 11.2. The molecule has 0 saturated heterocycles. The van der Waals surface area contributed by atoms with E-state index >= 15 is 0 Å². The van der Waals surface area contributed by atoms with Gasteiger partial charge in [-0.1, -0.05) is 180 Å². The van der Waals surface area contributed by atoms with E-state index in [4.69, 9.17) is 8.83 Å². The summed E-state index contributed by atoms with van der Waals surface area (Å²) in [5.74, 6) is 1.65. The number of anilines is 4. The molecule has 66 heavy (non-hydrogen) atoms. The molecule has 9 aromatic rings. The highest BCUT2D eigenvalue weighted by Gasteiger charge is 2.24. The third kappa shape index (κ3) is 9.07. The van der Waals surface area contributed by atoms with Gasteiger partial charge in [0.15, 0.2) is 0 Å². The van der Waals surface area contributed by atoms with Crippen LogP contribution >= 0.6 is 0 Å². The highest BCUT2D eigenvalue weighted by atomic mass is 16.3. The van der Waals surface area contributed by atoms with Crippen LogP contribution in [0.25, 0.3) is 66.8 Å². The number of para-hydroxylation sites is 2. The van der Waals surface area contributed by atoms with Crippen LogP contribution in [0, 0.1) is 0 Å². The van der Waals surface area contributed by atoms with Crippen molar-refractivity contribution in [1.82, 2.24) is 0 Å². The second-order valence-electron chi connectivity index (χ2n) is 22.2. The summed E-state index contributed by atoms with van der Waals surface area (Å²) in [7, 11) is 0. The van der Waals surface area contributed by atoms with Crippen molar-refractivity contribution in [2.75, 3.05) is 10.6 Å². The first-order valence-electron chi connectivity index (χ1n) is 23.4. The molecule has 4 nitrogen and oxygen atoms in total. The van der Waals surface area contributed by atoms with Gasteiger partial charge in [0.25, 0.3) is 0 Å². The first-order valence-corrected chi connectivity index (χ1v) is 23.4. The Balaban J connectivity index is 1.28. The molecule has 2 N–H and O–H groups in total. The lowest BCUT2D eigenvalue weighted by molar-refractivity contribution is 0.589. The predicted molar refractivity (Wildman–Crippen MR) is 282 cm³/mol. The van der Waals surface area contributed by atoms with Crippen molar-refractivity contribution in [3.05, 3.63) is 180 Å². The van der Waals surface area contributed by atoms with Crippen LogP contribution in [0.15, 0.2) is 167 Å². The molecule has 0 aliphatic carbocycles. The van der Waals surface area contributed by atoms with E-state index in [1.807, 2.05) is 24.3 Å². The lowest BCUT2D eigenvalue weighted by Gasteiger charge is -2.25. The monoisotopic (exact) mass is 868 g/mol. The van der Waals surface area contributed by atoms with E-state index in [9.17, 15) is 0 Å². The maximum absolute atomic E-state index is 6.62. The van der Waals surface area contributed by atoms with E-state index in [1.165, 1.54) is 22.3 Å². The quantitative estimate of drug-likeness (QED) is 0.160. The summed E-state index contributed by atoms with van der Waals surface area (Å²) in [4.78, 5) is 0. The number of hydrogen-bond acceptors (Lipinski definition) is 4. The van der Waals surface area contributed by atoms with E-state index in [-0.39, 0.29) is 21.7 Å². The number of hydrogen-bond donors (Lipinski definition) is 2. The number of rotatable bonds is 8. The molecule has 7 aromatic carbocycles. The Hall–Kier alpha value is -6.78. The van der Waals surface area contributed by atoms with Gasteiger partial charge in [-0.2, -0.15) is 0 Å². The second kappa shape index (κ2) is 16.6. The molecule has 9 rings (SSSR count). The molecule has 4 heteroatoms. The third-order valence-corrected chi connectivity index (χ3v) is 13.0. The lowest BCUT2D eigenvalue weighted by Crippen LogP contribution is -2.11. The number of nitrogens with one attached hydrogen (secondary N) is 2. The topological polar surface area (TPSA) is 50.3 Å². The van der Waals surface area contributed by atoms with Crippen molar-refractivity contribution in [2.45, 2.75) is 105 Å². The molecule has 0 atom stereocenters. The van der Waals surface area contributed by atoms with Crippen molar-refractivity contribution in [2.24, 2.45) is 0 Å². The summed E-state index contributed by atoms with van der Waals surface area (Å²) in [5, 5.41) is 10.2. The third-order valence-electron chi connectivity index (χ3n) is 13.0. The first kappa shape index (κ1) is 44.4. The SMILES string of the molecule is CC(C)(C)c1ccc(-c2cc(-c3ccc(C(C)(C)C)cc3)c(Nc3ccc(C(C)(C)C)cc3-c3cc4ccccc4o3)cc2Nc2ccc(C(C)(C)C)cc2-c2cc3ccccc3o2)cc1. The van der Waals surface area contributed by atoms with Gasteiger partial charge in [0.05, 0.1) is 0 Å². The van der Waals surface area contributed by atoms with Crippen LogP contribution in [0.5, 0.6) is 0 Å². The van der Waals surface area contributed by atoms with Crippen molar-refractivity contribution < 1.29 is 8.83 Å². The van der Waals surface area contributed by atoms with Crippen molar-refractivity contribution in [3.63, 3.8) is 0 Å². The number of furan rings is 2. The van der Waals surface area contributed by atoms with Gasteiger partial charge in [0.1, 0.15) is 22.7 Å². The highest BCUT2D eigenvalue weighted by Crippen LogP contribution is 2.46. The van der Waals surface area contributed by atoms with Gasteiger partial charge in [-0.05, 0) is 116 Å². The summed E-state index contributed by atoms with van der Waals surface area (Å²) in [6, 6.07) is 57.1. The minimum absolute atomic E-state index is 0.0176. The van der Waals surface area contributed by atoms with Crippen LogP contribution in [0.2, 0.25) is 0 Å². The maximum atomic E-state index is 6.62. The van der Waals surface area contributed by atoms with E-state index in [1.54, 1.807) is 0 Å². The van der Waals surface area contributed by atoms with Crippen LogP contribution in [-0.4, -0.2) is 0 Å².